The molecule has 0 saturated carbocycles. The van der Waals surface area contributed by atoms with Crippen molar-refractivity contribution in [2.75, 3.05) is 38.0 Å². The molecule has 16 heavy (non-hydrogen) atoms. The summed E-state index contributed by atoms with van der Waals surface area (Å²) in [4.78, 5) is 0. The summed E-state index contributed by atoms with van der Waals surface area (Å²) in [5.74, 6) is 1.25. The fourth-order valence-electron chi connectivity index (χ4n) is 1.62. The molecular weight excluding hydrogens is 266 g/mol. The first-order chi connectivity index (χ1) is 7.88. The molecular formula is C10H21Cl2N2OP. The molecule has 3 nitrogen and oxygen atoms in total. The molecule has 1 N–H and O–H groups in total. The Morgan fingerprint density at radius 1 is 1.06 bits per heavy atom. The van der Waals surface area contributed by atoms with Gasteiger partial charge in [0.05, 0.1) is 6.61 Å². The maximum Gasteiger partial charge on any atom is 0.185 e. The zero-order valence-corrected chi connectivity index (χ0v) is 12.0. The second-order valence-corrected chi connectivity index (χ2v) is 6.20. The van der Waals surface area contributed by atoms with Crippen LogP contribution in [0.3, 0.4) is 0 Å². The summed E-state index contributed by atoms with van der Waals surface area (Å²) in [6, 6.07) is 0. The van der Waals surface area contributed by atoms with Gasteiger partial charge in [-0.3, -0.25) is 5.09 Å². The molecule has 0 aromatic heterocycles. The van der Waals surface area contributed by atoms with Gasteiger partial charge in [-0.25, -0.2) is 4.67 Å². The average molecular weight is 287 g/mol. The van der Waals surface area contributed by atoms with Crippen molar-refractivity contribution in [2.45, 2.75) is 25.7 Å². The van der Waals surface area contributed by atoms with Crippen molar-refractivity contribution in [1.82, 2.24) is 9.76 Å². The average Bonchev–Trinajstić information content (AvgIpc) is 2.42. The van der Waals surface area contributed by atoms with E-state index in [0.717, 1.165) is 32.7 Å². The molecule has 1 fully saturated rings. The van der Waals surface area contributed by atoms with E-state index in [1.807, 2.05) is 0 Å². The highest BCUT2D eigenvalue weighted by molar-refractivity contribution is 7.47. The van der Waals surface area contributed by atoms with E-state index in [2.05, 4.69) is 9.76 Å². The summed E-state index contributed by atoms with van der Waals surface area (Å²) in [7, 11) is -0.693. The smallest absolute Gasteiger partial charge is 0.185 e. The van der Waals surface area contributed by atoms with Gasteiger partial charge in [-0.15, -0.1) is 23.2 Å². The van der Waals surface area contributed by atoms with E-state index < -0.39 is 8.45 Å². The van der Waals surface area contributed by atoms with Gasteiger partial charge in [0.1, 0.15) is 0 Å². The Morgan fingerprint density at radius 2 is 1.75 bits per heavy atom. The maximum atomic E-state index is 5.89. The molecule has 1 saturated heterocycles. The van der Waals surface area contributed by atoms with Gasteiger partial charge in [0.2, 0.25) is 0 Å². The highest BCUT2D eigenvalue weighted by Gasteiger charge is 2.19. The van der Waals surface area contributed by atoms with Gasteiger partial charge in [-0.05, 0) is 12.8 Å². The molecule has 1 aliphatic rings. The van der Waals surface area contributed by atoms with Crippen LogP contribution in [-0.2, 0) is 4.52 Å². The lowest BCUT2D eigenvalue weighted by Crippen LogP contribution is -2.29. The maximum absolute atomic E-state index is 5.89. The number of halogens is 2. The first-order valence-electron chi connectivity index (χ1n) is 5.92. The molecule has 96 valence electrons. The number of hydrogen-bond donors (Lipinski definition) is 1. The Bertz CT molecular complexity index is 161. The van der Waals surface area contributed by atoms with Crippen LogP contribution in [0.1, 0.15) is 25.7 Å². The number of alkyl halides is 2. The van der Waals surface area contributed by atoms with Crippen LogP contribution in [0.25, 0.3) is 0 Å². The molecule has 1 atom stereocenters. The monoisotopic (exact) mass is 286 g/mol. The van der Waals surface area contributed by atoms with Gasteiger partial charge in [-0.1, -0.05) is 12.8 Å². The first kappa shape index (κ1) is 14.9. The number of rotatable bonds is 5. The van der Waals surface area contributed by atoms with Crippen LogP contribution in [0.4, 0.5) is 0 Å². The molecule has 0 amide bonds. The van der Waals surface area contributed by atoms with Crippen molar-refractivity contribution < 1.29 is 4.52 Å². The number of hydrogen-bond acceptors (Lipinski definition) is 3. The molecule has 1 rings (SSSR count). The zero-order valence-electron chi connectivity index (χ0n) is 9.63. The lowest BCUT2D eigenvalue weighted by Gasteiger charge is -2.29. The SMILES string of the molecule is ClCCN(CCCl)P1NCCCCCCO1. The van der Waals surface area contributed by atoms with E-state index in [4.69, 9.17) is 27.7 Å². The summed E-state index contributed by atoms with van der Waals surface area (Å²) in [5.41, 5.74) is 0. The van der Waals surface area contributed by atoms with Crippen molar-refractivity contribution in [3.63, 3.8) is 0 Å². The third-order valence-electron chi connectivity index (χ3n) is 2.47. The number of nitrogens with zero attached hydrogens (tertiary/aromatic N) is 1. The van der Waals surface area contributed by atoms with Gasteiger partial charge in [0.25, 0.3) is 0 Å². The molecule has 1 heterocycles. The van der Waals surface area contributed by atoms with E-state index in [9.17, 15) is 0 Å². The molecule has 0 aromatic carbocycles. The van der Waals surface area contributed by atoms with E-state index in [0.29, 0.717) is 11.8 Å². The van der Waals surface area contributed by atoms with Crippen molar-refractivity contribution >= 4 is 31.7 Å². The van der Waals surface area contributed by atoms with E-state index in [-0.39, 0.29) is 0 Å². The third kappa shape index (κ3) is 6.00. The summed E-state index contributed by atoms with van der Waals surface area (Å²) >= 11 is 11.6. The number of nitrogens with one attached hydrogen (secondary N) is 1. The quantitative estimate of drug-likeness (QED) is 0.621. The van der Waals surface area contributed by atoms with Gasteiger partial charge in [0, 0.05) is 31.4 Å². The molecule has 0 radical (unpaired) electrons. The molecule has 0 aromatic rings. The van der Waals surface area contributed by atoms with Crippen LogP contribution in [0.15, 0.2) is 0 Å². The largest absolute Gasteiger partial charge is 0.331 e. The zero-order chi connectivity index (χ0) is 11.6. The minimum Gasteiger partial charge on any atom is -0.331 e. The minimum atomic E-state index is -0.693. The first-order valence-corrected chi connectivity index (χ1v) is 8.20. The van der Waals surface area contributed by atoms with Crippen molar-refractivity contribution in [2.24, 2.45) is 0 Å². The van der Waals surface area contributed by atoms with E-state index in [1.165, 1.54) is 19.3 Å². The normalized spacial score (nSPS) is 23.8. The van der Waals surface area contributed by atoms with E-state index in [1.54, 1.807) is 0 Å². The summed E-state index contributed by atoms with van der Waals surface area (Å²) in [6.07, 6.45) is 4.97. The van der Waals surface area contributed by atoms with Crippen LogP contribution in [0.2, 0.25) is 0 Å². The molecule has 0 bridgehead atoms. The Labute approximate surface area is 110 Å². The highest BCUT2D eigenvalue weighted by atomic mass is 35.5. The fourth-order valence-corrected chi connectivity index (χ4v) is 3.94. The van der Waals surface area contributed by atoms with Crippen LogP contribution in [0, 0.1) is 0 Å². The highest BCUT2D eigenvalue weighted by Crippen LogP contribution is 2.37. The summed E-state index contributed by atoms with van der Waals surface area (Å²) < 4.78 is 8.13. The fraction of sp³-hybridized carbons (Fsp3) is 1.00. The standard InChI is InChI=1S/C10H21Cl2N2OP/c11-5-8-14(9-6-12)16-13-7-3-1-2-4-10-15-16/h13H,1-10H2. The summed E-state index contributed by atoms with van der Waals surface area (Å²) in [6.45, 7) is 3.56. The van der Waals surface area contributed by atoms with Crippen molar-refractivity contribution in [1.29, 1.82) is 0 Å². The Morgan fingerprint density at radius 3 is 2.44 bits per heavy atom. The lowest BCUT2D eigenvalue weighted by molar-refractivity contribution is 0.299. The molecule has 0 aliphatic carbocycles. The van der Waals surface area contributed by atoms with Crippen molar-refractivity contribution in [3.8, 4) is 0 Å². The Balaban J connectivity index is 2.42. The van der Waals surface area contributed by atoms with Gasteiger partial charge < -0.3 is 4.52 Å². The van der Waals surface area contributed by atoms with E-state index >= 15 is 0 Å². The van der Waals surface area contributed by atoms with Crippen LogP contribution >= 0.6 is 31.7 Å². The van der Waals surface area contributed by atoms with Crippen LogP contribution in [0.5, 0.6) is 0 Å². The molecule has 6 heteroatoms. The van der Waals surface area contributed by atoms with Crippen molar-refractivity contribution in [3.05, 3.63) is 0 Å². The predicted molar refractivity (Wildman–Crippen MR) is 72.4 cm³/mol. The molecule has 0 spiro atoms. The second-order valence-electron chi connectivity index (χ2n) is 3.76. The van der Waals surface area contributed by atoms with Gasteiger partial charge in [-0.2, -0.15) is 0 Å². The second kappa shape index (κ2) is 9.87. The molecule has 1 aliphatic heterocycles. The third-order valence-corrected chi connectivity index (χ3v) is 4.65. The summed E-state index contributed by atoms with van der Waals surface area (Å²) in [5, 5.41) is 3.48. The minimum absolute atomic E-state index is 0.626. The predicted octanol–water partition coefficient (Wildman–Crippen LogP) is 3.17. The lowest BCUT2D eigenvalue weighted by atomic mass is 10.2. The van der Waals surface area contributed by atoms with Gasteiger partial charge in [0.15, 0.2) is 8.45 Å². The Hall–Kier alpha value is 0.890. The Kier molecular flexibility index (Phi) is 9.22. The van der Waals surface area contributed by atoms with Gasteiger partial charge >= 0.3 is 0 Å². The topological polar surface area (TPSA) is 24.5 Å². The molecule has 1 unspecified atom stereocenters. The van der Waals surface area contributed by atoms with Crippen LogP contribution < -0.4 is 5.09 Å². The van der Waals surface area contributed by atoms with Crippen LogP contribution in [-0.4, -0.2) is 42.7 Å².